The maximum atomic E-state index is 12.3. The molecule has 9 heteroatoms. The van der Waals surface area contributed by atoms with E-state index in [-0.39, 0.29) is 17.5 Å². The van der Waals surface area contributed by atoms with Crippen molar-refractivity contribution in [1.29, 1.82) is 0 Å². The lowest BCUT2D eigenvalue weighted by Crippen LogP contribution is -2.34. The number of rotatable bonds is 7. The maximum absolute atomic E-state index is 12.3. The Morgan fingerprint density at radius 1 is 1.50 bits per heavy atom. The predicted octanol–water partition coefficient (Wildman–Crippen LogP) is 0.614. The average molecular weight is 321 g/mol. The van der Waals surface area contributed by atoms with E-state index in [1.807, 2.05) is 6.26 Å². The molecule has 7 nitrogen and oxygen atoms in total. The van der Waals surface area contributed by atoms with Crippen molar-refractivity contribution >= 4 is 27.8 Å². The Morgan fingerprint density at radius 2 is 2.10 bits per heavy atom. The fraction of sp³-hybridized carbons (Fsp3) is 0.636. The number of nitrogens with one attached hydrogen (secondary N) is 1. The van der Waals surface area contributed by atoms with Crippen molar-refractivity contribution < 1.29 is 18.3 Å². The third kappa shape index (κ3) is 3.97. The number of aryl methyl sites for hydroxylation is 1. The second-order valence-electron chi connectivity index (χ2n) is 4.53. The summed E-state index contributed by atoms with van der Waals surface area (Å²) in [7, 11) is -3.70. The van der Waals surface area contributed by atoms with Crippen molar-refractivity contribution in [1.82, 2.24) is 14.5 Å². The molecule has 0 aliphatic rings. The third-order valence-electron chi connectivity index (χ3n) is 2.64. The van der Waals surface area contributed by atoms with Crippen LogP contribution in [0.2, 0.25) is 0 Å². The molecule has 0 aliphatic carbocycles. The first-order chi connectivity index (χ1) is 9.19. The predicted molar refractivity (Wildman–Crippen MR) is 77.5 cm³/mol. The lowest BCUT2D eigenvalue weighted by atomic mass is 10.4. The van der Waals surface area contributed by atoms with Crippen molar-refractivity contribution in [2.75, 3.05) is 12.0 Å². The SMILES string of the molecule is CSCC(C)NS(=O)(=O)c1c(C)nn(CC(=O)O)c1C. The Labute approximate surface area is 122 Å². The van der Waals surface area contributed by atoms with Gasteiger partial charge in [0.2, 0.25) is 10.0 Å². The van der Waals surface area contributed by atoms with E-state index in [1.54, 1.807) is 32.5 Å². The normalized spacial score (nSPS) is 13.4. The summed E-state index contributed by atoms with van der Waals surface area (Å²) in [4.78, 5) is 10.8. The van der Waals surface area contributed by atoms with Gasteiger partial charge in [0.05, 0.1) is 11.4 Å². The second kappa shape index (κ2) is 6.59. The van der Waals surface area contributed by atoms with Crippen LogP contribution < -0.4 is 4.72 Å². The molecule has 0 spiro atoms. The number of thioether (sulfide) groups is 1. The molecule has 1 rings (SSSR count). The van der Waals surface area contributed by atoms with Crippen molar-refractivity contribution in [3.63, 3.8) is 0 Å². The van der Waals surface area contributed by atoms with Gasteiger partial charge in [-0.2, -0.15) is 16.9 Å². The summed E-state index contributed by atoms with van der Waals surface area (Å²) >= 11 is 1.54. The topological polar surface area (TPSA) is 101 Å². The number of hydrogen-bond acceptors (Lipinski definition) is 5. The molecule has 1 aromatic heterocycles. The van der Waals surface area contributed by atoms with Crippen molar-refractivity contribution in [2.45, 2.75) is 38.3 Å². The Balaban J connectivity index is 3.12. The first kappa shape index (κ1) is 17.0. The van der Waals surface area contributed by atoms with Gasteiger partial charge in [0.1, 0.15) is 11.4 Å². The van der Waals surface area contributed by atoms with Gasteiger partial charge in [-0.25, -0.2) is 13.1 Å². The number of sulfonamides is 1. The van der Waals surface area contributed by atoms with Crippen LogP contribution in [0.4, 0.5) is 0 Å². The smallest absolute Gasteiger partial charge is 0.325 e. The molecule has 0 radical (unpaired) electrons. The quantitative estimate of drug-likeness (QED) is 0.763. The van der Waals surface area contributed by atoms with Gasteiger partial charge < -0.3 is 5.11 Å². The summed E-state index contributed by atoms with van der Waals surface area (Å²) in [6.07, 6.45) is 1.90. The highest BCUT2D eigenvalue weighted by Gasteiger charge is 2.26. The fourth-order valence-corrected chi connectivity index (χ4v) is 4.30. The summed E-state index contributed by atoms with van der Waals surface area (Å²) in [6, 6.07) is -0.211. The van der Waals surface area contributed by atoms with Crippen LogP contribution in [0.3, 0.4) is 0 Å². The lowest BCUT2D eigenvalue weighted by molar-refractivity contribution is -0.137. The molecule has 1 atom stereocenters. The van der Waals surface area contributed by atoms with Gasteiger partial charge >= 0.3 is 5.97 Å². The monoisotopic (exact) mass is 321 g/mol. The average Bonchev–Trinajstić information content (AvgIpc) is 2.52. The highest BCUT2D eigenvalue weighted by molar-refractivity contribution is 7.98. The van der Waals surface area contributed by atoms with E-state index in [1.165, 1.54) is 4.68 Å². The van der Waals surface area contributed by atoms with Crippen LogP contribution in [-0.4, -0.2) is 47.3 Å². The van der Waals surface area contributed by atoms with Crippen molar-refractivity contribution in [2.24, 2.45) is 0 Å². The number of carboxylic acid groups (broad SMARTS) is 1. The van der Waals surface area contributed by atoms with E-state index < -0.39 is 16.0 Å². The molecule has 0 amide bonds. The molecule has 1 aromatic rings. The Hall–Kier alpha value is -1.06. The van der Waals surface area contributed by atoms with Gasteiger partial charge in [0.15, 0.2) is 0 Å². The number of carbonyl (C=O) groups is 1. The van der Waals surface area contributed by atoms with Gasteiger partial charge in [-0.3, -0.25) is 9.48 Å². The molecule has 20 heavy (non-hydrogen) atoms. The van der Waals surface area contributed by atoms with Crippen LogP contribution in [0.15, 0.2) is 4.90 Å². The van der Waals surface area contributed by atoms with Crippen LogP contribution in [0, 0.1) is 13.8 Å². The van der Waals surface area contributed by atoms with E-state index in [0.717, 1.165) is 0 Å². The summed E-state index contributed by atoms with van der Waals surface area (Å²) in [5.74, 6) is -0.413. The van der Waals surface area contributed by atoms with Crippen LogP contribution >= 0.6 is 11.8 Å². The van der Waals surface area contributed by atoms with Crippen LogP contribution in [0.5, 0.6) is 0 Å². The summed E-state index contributed by atoms with van der Waals surface area (Å²) < 4.78 is 28.4. The van der Waals surface area contributed by atoms with Crippen molar-refractivity contribution in [3.05, 3.63) is 11.4 Å². The summed E-state index contributed by atoms with van der Waals surface area (Å²) in [5.41, 5.74) is 0.626. The van der Waals surface area contributed by atoms with Crippen LogP contribution in [0.1, 0.15) is 18.3 Å². The Morgan fingerprint density at radius 3 is 2.60 bits per heavy atom. The molecule has 2 N–H and O–H groups in total. The molecule has 114 valence electrons. The minimum Gasteiger partial charge on any atom is -0.480 e. The van der Waals surface area contributed by atoms with Gasteiger partial charge in [0.25, 0.3) is 0 Å². The molecule has 1 heterocycles. The van der Waals surface area contributed by atoms with Gasteiger partial charge in [-0.1, -0.05) is 0 Å². The molecule has 0 aliphatic heterocycles. The molecule has 0 bridgehead atoms. The molecule has 0 saturated heterocycles. The minimum atomic E-state index is -3.70. The van der Waals surface area contributed by atoms with Crippen molar-refractivity contribution in [3.8, 4) is 0 Å². The molecule has 0 aromatic carbocycles. The number of aromatic nitrogens is 2. The van der Waals surface area contributed by atoms with Crippen LogP contribution in [0.25, 0.3) is 0 Å². The second-order valence-corrected chi connectivity index (χ2v) is 7.09. The summed E-state index contributed by atoms with van der Waals surface area (Å²) in [5, 5.41) is 12.8. The first-order valence-corrected chi connectivity index (χ1v) is 8.83. The number of hydrogen-bond donors (Lipinski definition) is 2. The zero-order chi connectivity index (χ0) is 15.5. The zero-order valence-corrected chi connectivity index (χ0v) is 13.5. The third-order valence-corrected chi connectivity index (χ3v) is 5.32. The molecule has 0 saturated carbocycles. The standard InChI is InChI=1S/C11H19N3O4S2/c1-7(6-19-4)13-20(17,18)11-8(2)12-14(9(11)3)5-10(15)16/h7,13H,5-6H2,1-4H3,(H,15,16). The van der Waals surface area contributed by atoms with Gasteiger partial charge in [0, 0.05) is 11.8 Å². The zero-order valence-electron chi connectivity index (χ0n) is 11.9. The highest BCUT2D eigenvalue weighted by atomic mass is 32.2. The minimum absolute atomic E-state index is 0.0618. The number of carboxylic acids is 1. The first-order valence-electron chi connectivity index (χ1n) is 5.96. The number of aliphatic carboxylic acids is 1. The Kier molecular flexibility index (Phi) is 5.60. The highest BCUT2D eigenvalue weighted by Crippen LogP contribution is 2.19. The molecular weight excluding hydrogens is 302 g/mol. The van der Waals surface area contributed by atoms with Gasteiger partial charge in [-0.15, -0.1) is 0 Å². The molecule has 1 unspecified atom stereocenters. The van der Waals surface area contributed by atoms with E-state index in [2.05, 4.69) is 9.82 Å². The van der Waals surface area contributed by atoms with E-state index in [0.29, 0.717) is 17.1 Å². The van der Waals surface area contributed by atoms with E-state index >= 15 is 0 Å². The number of nitrogens with zero attached hydrogens (tertiary/aromatic N) is 2. The maximum Gasteiger partial charge on any atom is 0.325 e. The fourth-order valence-electron chi connectivity index (χ4n) is 1.96. The van der Waals surface area contributed by atoms with E-state index in [9.17, 15) is 13.2 Å². The Bertz CT molecular complexity index is 595. The van der Waals surface area contributed by atoms with Gasteiger partial charge in [-0.05, 0) is 27.0 Å². The molecule has 0 fully saturated rings. The lowest BCUT2D eigenvalue weighted by Gasteiger charge is -2.13. The van der Waals surface area contributed by atoms with E-state index in [4.69, 9.17) is 5.11 Å². The largest absolute Gasteiger partial charge is 0.480 e. The van der Waals surface area contributed by atoms with Crippen LogP contribution in [-0.2, 0) is 21.4 Å². The summed E-state index contributed by atoms with van der Waals surface area (Å²) in [6.45, 7) is 4.53. The molecular formula is C11H19N3O4S2.